The quantitative estimate of drug-likeness (QED) is 0.709. The Morgan fingerprint density at radius 3 is 2.75 bits per heavy atom. The first-order chi connectivity index (χ1) is 11.5. The molecule has 0 saturated carbocycles. The van der Waals surface area contributed by atoms with Crippen molar-refractivity contribution in [1.82, 2.24) is 9.97 Å². The summed E-state index contributed by atoms with van der Waals surface area (Å²) in [6, 6.07) is 14.9. The van der Waals surface area contributed by atoms with Crippen molar-refractivity contribution in [3.63, 3.8) is 0 Å². The number of benzene rings is 2. The number of rotatable bonds is 4. The third-order valence-electron chi connectivity index (χ3n) is 3.55. The highest BCUT2D eigenvalue weighted by Gasteiger charge is 2.16. The lowest BCUT2D eigenvalue weighted by molar-refractivity contribution is -0.115. The van der Waals surface area contributed by atoms with Gasteiger partial charge in [0.25, 0.3) is 0 Å². The molecule has 0 unspecified atom stereocenters. The minimum Gasteiger partial charge on any atom is -0.333 e. The van der Waals surface area contributed by atoms with Crippen LogP contribution in [0.1, 0.15) is 18.1 Å². The van der Waals surface area contributed by atoms with Gasteiger partial charge in [0, 0.05) is 5.69 Å². The molecule has 120 valence electrons. The number of carbonyl (C=O) groups is 1. The highest BCUT2D eigenvalue weighted by Crippen LogP contribution is 2.24. The molecule has 24 heavy (non-hydrogen) atoms. The number of hydrogen-bond donors (Lipinski definition) is 2. The lowest BCUT2D eigenvalue weighted by Crippen LogP contribution is -2.22. The topological polar surface area (TPSA) is 81.6 Å². The van der Waals surface area contributed by atoms with Crippen molar-refractivity contribution < 1.29 is 4.79 Å². The van der Waals surface area contributed by atoms with Crippen molar-refractivity contribution >= 4 is 34.4 Å². The molecule has 0 aliphatic carbocycles. The lowest BCUT2D eigenvalue weighted by atomic mass is 10.2. The number of aromatic amines is 1. The highest BCUT2D eigenvalue weighted by atomic mass is 32.2. The van der Waals surface area contributed by atoms with E-state index in [9.17, 15) is 4.79 Å². The third kappa shape index (κ3) is 3.58. The monoisotopic (exact) mass is 336 g/mol. The maximum Gasteiger partial charge on any atom is 0.237 e. The van der Waals surface area contributed by atoms with Gasteiger partial charge in [-0.3, -0.25) is 4.79 Å². The molecule has 0 saturated heterocycles. The van der Waals surface area contributed by atoms with Crippen LogP contribution < -0.4 is 5.32 Å². The Kier molecular flexibility index (Phi) is 4.54. The minimum absolute atomic E-state index is 0.110. The van der Waals surface area contributed by atoms with Gasteiger partial charge < -0.3 is 10.3 Å². The first-order valence-corrected chi connectivity index (χ1v) is 8.37. The van der Waals surface area contributed by atoms with E-state index in [1.165, 1.54) is 11.8 Å². The smallest absolute Gasteiger partial charge is 0.237 e. The number of aryl methyl sites for hydroxylation is 1. The molecular weight excluding hydrogens is 320 g/mol. The van der Waals surface area contributed by atoms with Gasteiger partial charge in [-0.25, -0.2) is 4.98 Å². The van der Waals surface area contributed by atoms with Gasteiger partial charge in [-0.2, -0.15) is 5.26 Å². The molecule has 0 radical (unpaired) electrons. The van der Waals surface area contributed by atoms with Crippen LogP contribution in [0.15, 0.2) is 47.6 Å². The molecule has 2 aromatic carbocycles. The van der Waals surface area contributed by atoms with Crippen LogP contribution in [-0.4, -0.2) is 21.1 Å². The first kappa shape index (κ1) is 16.1. The van der Waals surface area contributed by atoms with Crippen molar-refractivity contribution in [3.8, 4) is 6.07 Å². The van der Waals surface area contributed by atoms with Gasteiger partial charge in [0.1, 0.15) is 0 Å². The zero-order valence-electron chi connectivity index (χ0n) is 13.3. The van der Waals surface area contributed by atoms with Gasteiger partial charge in [0.05, 0.1) is 27.9 Å². The molecule has 1 atom stereocenters. The van der Waals surface area contributed by atoms with Crippen LogP contribution in [0.5, 0.6) is 0 Å². The number of thioether (sulfide) groups is 1. The molecule has 1 aromatic heterocycles. The fourth-order valence-corrected chi connectivity index (χ4v) is 3.07. The average molecular weight is 336 g/mol. The molecule has 1 heterocycles. The molecular formula is C18H16N4OS. The summed E-state index contributed by atoms with van der Waals surface area (Å²) in [4.78, 5) is 20.0. The van der Waals surface area contributed by atoms with Crippen LogP contribution in [0, 0.1) is 18.3 Å². The van der Waals surface area contributed by atoms with Crippen LogP contribution in [-0.2, 0) is 4.79 Å². The van der Waals surface area contributed by atoms with Gasteiger partial charge in [0.15, 0.2) is 5.16 Å². The summed E-state index contributed by atoms with van der Waals surface area (Å²) in [5.74, 6) is -0.110. The van der Waals surface area contributed by atoms with Gasteiger partial charge in [-0.15, -0.1) is 0 Å². The summed E-state index contributed by atoms with van der Waals surface area (Å²) >= 11 is 1.38. The Morgan fingerprint density at radius 2 is 2.04 bits per heavy atom. The maximum absolute atomic E-state index is 12.3. The number of H-pyrrole nitrogens is 1. The van der Waals surface area contributed by atoms with E-state index < -0.39 is 0 Å². The van der Waals surface area contributed by atoms with Crippen LogP contribution in [0.25, 0.3) is 11.0 Å². The zero-order chi connectivity index (χ0) is 17.1. The Bertz CT molecular complexity index is 924. The first-order valence-electron chi connectivity index (χ1n) is 7.49. The van der Waals surface area contributed by atoms with Crippen molar-refractivity contribution in [2.75, 3.05) is 5.32 Å². The number of fused-ring (bicyclic) bond motifs is 1. The lowest BCUT2D eigenvalue weighted by Gasteiger charge is -2.10. The summed E-state index contributed by atoms with van der Waals surface area (Å²) in [5.41, 5.74) is 4.26. The van der Waals surface area contributed by atoms with Crippen LogP contribution in [0.2, 0.25) is 0 Å². The second-order valence-electron chi connectivity index (χ2n) is 5.50. The van der Waals surface area contributed by atoms with Gasteiger partial charge in [-0.1, -0.05) is 17.8 Å². The Labute approximate surface area is 144 Å². The molecule has 0 bridgehead atoms. The van der Waals surface area contributed by atoms with Gasteiger partial charge in [0.2, 0.25) is 5.91 Å². The van der Waals surface area contributed by atoms with E-state index in [2.05, 4.69) is 21.4 Å². The van der Waals surface area contributed by atoms with Crippen LogP contribution in [0.3, 0.4) is 0 Å². The van der Waals surface area contributed by atoms with E-state index in [1.807, 2.05) is 32.0 Å². The normalized spacial score (nSPS) is 11.9. The van der Waals surface area contributed by atoms with Crippen molar-refractivity contribution in [1.29, 1.82) is 5.26 Å². The van der Waals surface area contributed by atoms with E-state index in [1.54, 1.807) is 24.3 Å². The fourth-order valence-electron chi connectivity index (χ4n) is 2.25. The van der Waals surface area contributed by atoms with E-state index in [0.717, 1.165) is 21.8 Å². The number of hydrogen-bond acceptors (Lipinski definition) is 4. The molecule has 0 fully saturated rings. The number of imidazole rings is 1. The third-order valence-corrected chi connectivity index (χ3v) is 4.54. The molecule has 3 aromatic rings. The molecule has 0 aliphatic heterocycles. The van der Waals surface area contributed by atoms with Crippen molar-refractivity contribution in [2.45, 2.75) is 24.3 Å². The number of nitrogens with one attached hydrogen (secondary N) is 2. The minimum atomic E-state index is -0.303. The molecule has 2 N–H and O–H groups in total. The summed E-state index contributed by atoms with van der Waals surface area (Å²) in [6.07, 6.45) is 0. The van der Waals surface area contributed by atoms with Crippen molar-refractivity contribution in [3.05, 3.63) is 53.6 Å². The molecule has 1 amide bonds. The number of amides is 1. The molecule has 0 aliphatic rings. The van der Waals surface area contributed by atoms with Crippen molar-refractivity contribution in [2.24, 2.45) is 0 Å². The number of anilines is 1. The standard InChI is InChI=1S/C18H16N4OS/c1-11-3-8-15-16(9-11)22-18(21-15)24-12(2)17(23)20-14-6-4-13(10-19)5-7-14/h3-9,12H,1-2H3,(H,20,23)(H,21,22)/t12-/m0/s1. The highest BCUT2D eigenvalue weighted by molar-refractivity contribution is 8.00. The predicted molar refractivity (Wildman–Crippen MR) is 95.9 cm³/mol. The number of carbonyl (C=O) groups excluding carboxylic acids is 1. The molecule has 3 rings (SSSR count). The number of aromatic nitrogens is 2. The van der Waals surface area contributed by atoms with E-state index in [-0.39, 0.29) is 11.2 Å². The second kappa shape index (κ2) is 6.77. The maximum atomic E-state index is 12.3. The largest absolute Gasteiger partial charge is 0.333 e. The van der Waals surface area contributed by atoms with E-state index in [4.69, 9.17) is 5.26 Å². The van der Waals surface area contributed by atoms with Crippen LogP contribution >= 0.6 is 11.8 Å². The van der Waals surface area contributed by atoms with Gasteiger partial charge >= 0.3 is 0 Å². The number of nitriles is 1. The Balaban J connectivity index is 1.67. The number of nitrogens with zero attached hydrogens (tertiary/aromatic N) is 2. The van der Waals surface area contributed by atoms with E-state index >= 15 is 0 Å². The molecule has 0 spiro atoms. The van der Waals surface area contributed by atoms with E-state index in [0.29, 0.717) is 11.3 Å². The fraction of sp³-hybridized carbons (Fsp3) is 0.167. The summed E-state index contributed by atoms with van der Waals surface area (Å²) in [7, 11) is 0. The zero-order valence-corrected chi connectivity index (χ0v) is 14.1. The summed E-state index contributed by atoms with van der Waals surface area (Å²) < 4.78 is 0. The molecule has 6 heteroatoms. The predicted octanol–water partition coefficient (Wildman–Crippen LogP) is 3.86. The summed E-state index contributed by atoms with van der Waals surface area (Å²) in [6.45, 7) is 3.86. The SMILES string of the molecule is Cc1ccc2nc(S[C@@H](C)C(=O)Nc3ccc(C#N)cc3)[nH]c2c1. The summed E-state index contributed by atoms with van der Waals surface area (Å²) in [5, 5.41) is 12.1. The van der Waals surface area contributed by atoms with Crippen LogP contribution in [0.4, 0.5) is 5.69 Å². The Hall–Kier alpha value is -2.78. The average Bonchev–Trinajstić information content (AvgIpc) is 2.96. The molecule has 5 nitrogen and oxygen atoms in total. The van der Waals surface area contributed by atoms with Gasteiger partial charge in [-0.05, 0) is 55.8 Å². The second-order valence-corrected chi connectivity index (χ2v) is 6.83. The Morgan fingerprint density at radius 1 is 1.29 bits per heavy atom.